The van der Waals surface area contributed by atoms with Crippen molar-refractivity contribution in [1.29, 1.82) is 0 Å². The van der Waals surface area contributed by atoms with Crippen LogP contribution in [0, 0.1) is 11.2 Å². The van der Waals surface area contributed by atoms with Gasteiger partial charge >= 0.3 is 0 Å². The van der Waals surface area contributed by atoms with Crippen molar-refractivity contribution in [2.45, 2.75) is 26.7 Å². The Morgan fingerprint density at radius 1 is 1.55 bits per heavy atom. The van der Waals surface area contributed by atoms with Gasteiger partial charge in [-0.1, -0.05) is 30.6 Å². The highest BCUT2D eigenvalue weighted by Crippen LogP contribution is 2.32. The molecule has 4 N–H and O–H groups in total. The van der Waals surface area contributed by atoms with Gasteiger partial charge in [0.15, 0.2) is 0 Å². The van der Waals surface area contributed by atoms with Crippen LogP contribution in [0.3, 0.4) is 0 Å². The zero-order valence-corrected chi connectivity index (χ0v) is 13.7. The van der Waals surface area contributed by atoms with Gasteiger partial charge in [-0.05, 0) is 40.9 Å². The highest BCUT2D eigenvalue weighted by molar-refractivity contribution is 9.10. The summed E-state index contributed by atoms with van der Waals surface area (Å²) in [7, 11) is 0. The topological polar surface area (TPSA) is 70.6 Å². The van der Waals surface area contributed by atoms with Crippen molar-refractivity contribution < 1.29 is 9.60 Å². The van der Waals surface area contributed by atoms with Crippen LogP contribution in [0.25, 0.3) is 0 Å². The van der Waals surface area contributed by atoms with Crippen LogP contribution in [0.5, 0.6) is 0 Å². The fourth-order valence-electron chi connectivity index (χ4n) is 1.72. The predicted octanol–water partition coefficient (Wildman–Crippen LogP) is 4.21. The summed E-state index contributed by atoms with van der Waals surface area (Å²) in [6.07, 6.45) is 1.54. The predicted molar refractivity (Wildman–Crippen MR) is 84.0 cm³/mol. The minimum absolute atomic E-state index is 0.207. The molecule has 0 aliphatic heterocycles. The minimum Gasteiger partial charge on any atom is -0.409 e. The van der Waals surface area contributed by atoms with E-state index in [0.717, 1.165) is 12.8 Å². The molecule has 1 aromatic rings. The molecular formula is C13H18BrClFN3O. The standard InChI is InChI=1S/C13H18BrClFN3O/c1-13(2,12(17)19-20)4-3-5-18-11-9(14)6-8(16)7-10(11)15/h6-7,18,20H,3-5H2,1-2H3,(H2,17,19). The van der Waals surface area contributed by atoms with Crippen molar-refractivity contribution in [1.82, 2.24) is 0 Å². The normalized spacial score (nSPS) is 12.6. The SMILES string of the molecule is CC(C)(CCCNc1c(Cl)cc(F)cc1Br)C(N)=NO. The highest BCUT2D eigenvalue weighted by atomic mass is 79.9. The van der Waals surface area contributed by atoms with E-state index in [9.17, 15) is 4.39 Å². The van der Waals surface area contributed by atoms with E-state index in [2.05, 4.69) is 26.4 Å². The summed E-state index contributed by atoms with van der Waals surface area (Å²) in [6, 6.07) is 2.61. The van der Waals surface area contributed by atoms with Gasteiger partial charge in [-0.3, -0.25) is 0 Å². The van der Waals surface area contributed by atoms with Crippen LogP contribution in [0.1, 0.15) is 26.7 Å². The Balaban J connectivity index is 2.54. The summed E-state index contributed by atoms with van der Waals surface area (Å²) in [6.45, 7) is 4.46. The monoisotopic (exact) mass is 365 g/mol. The Bertz CT molecular complexity index is 485. The third kappa shape index (κ3) is 4.52. The first kappa shape index (κ1) is 17.0. The summed E-state index contributed by atoms with van der Waals surface area (Å²) in [5.74, 6) is -0.181. The van der Waals surface area contributed by atoms with Crippen LogP contribution < -0.4 is 11.1 Å². The number of halogens is 3. The van der Waals surface area contributed by atoms with E-state index in [1.807, 2.05) is 13.8 Å². The first-order valence-electron chi connectivity index (χ1n) is 6.14. The molecule has 0 bridgehead atoms. The Hall–Kier alpha value is -1.01. The molecule has 0 aliphatic rings. The number of hydrogen-bond acceptors (Lipinski definition) is 3. The maximum Gasteiger partial charge on any atom is 0.144 e. The van der Waals surface area contributed by atoms with Gasteiger partial charge in [0.2, 0.25) is 0 Å². The lowest BCUT2D eigenvalue weighted by Crippen LogP contribution is -2.32. The van der Waals surface area contributed by atoms with Gasteiger partial charge in [0.25, 0.3) is 0 Å². The summed E-state index contributed by atoms with van der Waals surface area (Å²) < 4.78 is 13.7. The second-order valence-corrected chi connectivity index (χ2v) is 6.41. The quantitative estimate of drug-likeness (QED) is 0.232. The number of benzene rings is 1. The Morgan fingerprint density at radius 3 is 2.75 bits per heavy atom. The molecule has 0 aliphatic carbocycles. The van der Waals surface area contributed by atoms with E-state index in [4.69, 9.17) is 22.5 Å². The second-order valence-electron chi connectivity index (χ2n) is 5.14. The zero-order valence-electron chi connectivity index (χ0n) is 11.4. The fraction of sp³-hybridized carbons (Fsp3) is 0.462. The number of oxime groups is 1. The molecule has 0 saturated carbocycles. The molecule has 20 heavy (non-hydrogen) atoms. The van der Waals surface area contributed by atoms with Gasteiger partial charge in [-0.25, -0.2) is 4.39 Å². The first-order valence-corrected chi connectivity index (χ1v) is 7.31. The number of anilines is 1. The van der Waals surface area contributed by atoms with Crippen LogP contribution in [-0.2, 0) is 0 Å². The van der Waals surface area contributed by atoms with E-state index < -0.39 is 0 Å². The highest BCUT2D eigenvalue weighted by Gasteiger charge is 2.22. The molecule has 0 amide bonds. The molecule has 0 heterocycles. The number of nitrogens with zero attached hydrogens (tertiary/aromatic N) is 1. The second kappa shape index (κ2) is 7.13. The van der Waals surface area contributed by atoms with E-state index in [-0.39, 0.29) is 17.1 Å². The van der Waals surface area contributed by atoms with Crippen molar-refractivity contribution in [2.75, 3.05) is 11.9 Å². The molecule has 0 radical (unpaired) electrons. The van der Waals surface area contributed by atoms with Crippen molar-refractivity contribution >= 4 is 39.1 Å². The number of hydrogen-bond donors (Lipinski definition) is 3. The van der Waals surface area contributed by atoms with E-state index in [1.54, 1.807) is 0 Å². The molecule has 0 atom stereocenters. The van der Waals surface area contributed by atoms with Crippen molar-refractivity contribution in [3.8, 4) is 0 Å². The van der Waals surface area contributed by atoms with Crippen molar-refractivity contribution in [2.24, 2.45) is 16.3 Å². The Morgan fingerprint density at radius 2 is 2.20 bits per heavy atom. The average molecular weight is 367 g/mol. The number of nitrogens with one attached hydrogen (secondary N) is 1. The Labute approximate surface area is 131 Å². The maximum atomic E-state index is 13.1. The first-order chi connectivity index (χ1) is 9.27. The largest absolute Gasteiger partial charge is 0.409 e. The molecule has 112 valence electrons. The third-order valence-corrected chi connectivity index (χ3v) is 4.01. The molecule has 0 fully saturated rings. The van der Waals surface area contributed by atoms with Gasteiger partial charge in [0.1, 0.15) is 11.7 Å². The lowest BCUT2D eigenvalue weighted by molar-refractivity contribution is 0.305. The van der Waals surface area contributed by atoms with Gasteiger partial charge in [0.05, 0.1) is 10.7 Å². The van der Waals surface area contributed by atoms with Crippen LogP contribution in [0.4, 0.5) is 10.1 Å². The maximum absolute atomic E-state index is 13.1. The Kier molecular flexibility index (Phi) is 6.07. The molecular weight excluding hydrogens is 349 g/mol. The van der Waals surface area contributed by atoms with E-state index >= 15 is 0 Å². The number of amidine groups is 1. The molecule has 4 nitrogen and oxygen atoms in total. The molecule has 0 spiro atoms. The lowest BCUT2D eigenvalue weighted by atomic mass is 9.86. The van der Waals surface area contributed by atoms with Crippen LogP contribution in [0.2, 0.25) is 5.02 Å². The number of rotatable bonds is 6. The van der Waals surface area contributed by atoms with Gasteiger partial charge in [0, 0.05) is 16.4 Å². The van der Waals surface area contributed by atoms with Crippen LogP contribution >= 0.6 is 27.5 Å². The molecule has 0 saturated heterocycles. The van der Waals surface area contributed by atoms with Gasteiger partial charge in [-0.15, -0.1) is 0 Å². The lowest BCUT2D eigenvalue weighted by Gasteiger charge is -2.22. The van der Waals surface area contributed by atoms with Crippen LogP contribution in [-0.4, -0.2) is 17.6 Å². The molecule has 1 rings (SSSR count). The number of nitrogens with two attached hydrogens (primary N) is 1. The van der Waals surface area contributed by atoms with E-state index in [0.29, 0.717) is 21.7 Å². The smallest absolute Gasteiger partial charge is 0.144 e. The molecule has 0 aromatic heterocycles. The van der Waals surface area contributed by atoms with Crippen molar-refractivity contribution in [3.63, 3.8) is 0 Å². The van der Waals surface area contributed by atoms with Gasteiger partial charge < -0.3 is 16.3 Å². The van der Waals surface area contributed by atoms with Crippen molar-refractivity contribution in [3.05, 3.63) is 27.4 Å². The molecule has 1 aromatic carbocycles. The fourth-order valence-corrected chi connectivity index (χ4v) is 2.68. The average Bonchev–Trinajstić information content (AvgIpc) is 2.35. The van der Waals surface area contributed by atoms with Gasteiger partial charge in [-0.2, -0.15) is 0 Å². The summed E-state index contributed by atoms with van der Waals surface area (Å²) in [5.41, 5.74) is 5.91. The zero-order chi connectivity index (χ0) is 15.3. The molecule has 0 unspecified atom stereocenters. The minimum atomic E-state index is -0.388. The summed E-state index contributed by atoms with van der Waals surface area (Å²) in [4.78, 5) is 0. The molecule has 7 heteroatoms. The summed E-state index contributed by atoms with van der Waals surface area (Å²) in [5, 5.41) is 15.2. The summed E-state index contributed by atoms with van der Waals surface area (Å²) >= 11 is 9.24. The third-order valence-electron chi connectivity index (χ3n) is 3.09. The van der Waals surface area contributed by atoms with E-state index in [1.165, 1.54) is 12.1 Å². The van der Waals surface area contributed by atoms with Crippen LogP contribution in [0.15, 0.2) is 21.8 Å².